The zero-order valence-corrected chi connectivity index (χ0v) is 15.5. The summed E-state index contributed by atoms with van der Waals surface area (Å²) in [6.45, 7) is 0.743. The Kier molecular flexibility index (Phi) is 6.11. The maximum absolute atomic E-state index is 11.9. The highest BCUT2D eigenvalue weighted by molar-refractivity contribution is 7.80. The summed E-state index contributed by atoms with van der Waals surface area (Å²) in [5.41, 5.74) is 7.02. The molecular weight excluding hydrogens is 366 g/mol. The number of hydrogen-bond donors (Lipinski definition) is 3. The van der Waals surface area contributed by atoms with Crippen molar-refractivity contribution in [2.45, 2.75) is 6.54 Å². The van der Waals surface area contributed by atoms with E-state index < -0.39 is 0 Å². The molecule has 0 radical (unpaired) electrons. The van der Waals surface area contributed by atoms with Crippen LogP contribution in [0.3, 0.4) is 0 Å². The predicted molar refractivity (Wildman–Crippen MR) is 105 cm³/mol. The maximum atomic E-state index is 11.9. The van der Waals surface area contributed by atoms with E-state index in [4.69, 9.17) is 26.4 Å². The molecule has 2 aromatic rings. The minimum atomic E-state index is -0.332. The molecule has 27 heavy (non-hydrogen) atoms. The van der Waals surface area contributed by atoms with Gasteiger partial charge in [0.25, 0.3) is 5.91 Å². The van der Waals surface area contributed by atoms with Crippen molar-refractivity contribution in [1.82, 2.24) is 16.2 Å². The van der Waals surface area contributed by atoms with Gasteiger partial charge in [0.05, 0.1) is 7.11 Å². The van der Waals surface area contributed by atoms with E-state index in [2.05, 4.69) is 16.2 Å². The molecule has 0 saturated carbocycles. The molecule has 0 bridgehead atoms. The van der Waals surface area contributed by atoms with Crippen molar-refractivity contribution in [3.8, 4) is 17.2 Å². The summed E-state index contributed by atoms with van der Waals surface area (Å²) < 4.78 is 15.7. The lowest BCUT2D eigenvalue weighted by atomic mass is 10.2. The summed E-state index contributed by atoms with van der Waals surface area (Å²) >= 11 is 5.14. The first-order valence-electron chi connectivity index (χ1n) is 8.18. The molecule has 1 aliphatic heterocycles. The largest absolute Gasteiger partial charge is 0.497 e. The Labute approximate surface area is 162 Å². The first-order valence-corrected chi connectivity index (χ1v) is 8.59. The van der Waals surface area contributed by atoms with Crippen LogP contribution in [0, 0.1) is 0 Å². The molecule has 1 amide bonds. The number of thiocarbonyl (C=S) groups is 1. The minimum Gasteiger partial charge on any atom is -0.497 e. The topological polar surface area (TPSA) is 80.9 Å². The number of hydrogen-bond acceptors (Lipinski definition) is 5. The van der Waals surface area contributed by atoms with Crippen LogP contribution in [-0.2, 0) is 11.3 Å². The van der Waals surface area contributed by atoms with Gasteiger partial charge in [-0.25, -0.2) is 0 Å². The number of amides is 1. The van der Waals surface area contributed by atoms with Crippen molar-refractivity contribution in [1.29, 1.82) is 0 Å². The third kappa shape index (κ3) is 5.35. The molecule has 0 fully saturated rings. The Morgan fingerprint density at radius 3 is 2.70 bits per heavy atom. The normalized spacial score (nSPS) is 11.9. The second-order valence-electron chi connectivity index (χ2n) is 5.59. The van der Waals surface area contributed by atoms with Crippen molar-refractivity contribution in [3.05, 3.63) is 59.7 Å². The van der Waals surface area contributed by atoms with E-state index in [1.165, 1.54) is 6.08 Å². The van der Waals surface area contributed by atoms with Crippen LogP contribution < -0.4 is 30.4 Å². The van der Waals surface area contributed by atoms with Gasteiger partial charge in [0.15, 0.2) is 16.6 Å². The molecule has 3 N–H and O–H groups in total. The van der Waals surface area contributed by atoms with E-state index in [1.54, 1.807) is 25.3 Å². The molecule has 1 aliphatic rings. The maximum Gasteiger partial charge on any atom is 0.262 e. The number of ether oxygens (including phenoxy) is 3. The van der Waals surface area contributed by atoms with Crippen molar-refractivity contribution in [2.75, 3.05) is 13.9 Å². The lowest BCUT2D eigenvalue weighted by Gasteiger charge is -2.10. The Bertz CT molecular complexity index is 853. The molecule has 0 atom stereocenters. The summed E-state index contributed by atoms with van der Waals surface area (Å²) in [4.78, 5) is 11.9. The summed E-state index contributed by atoms with van der Waals surface area (Å²) in [6, 6.07) is 13.1. The fraction of sp³-hybridized carbons (Fsp3) is 0.158. The first-order chi connectivity index (χ1) is 13.1. The van der Waals surface area contributed by atoms with Gasteiger partial charge in [0.2, 0.25) is 6.79 Å². The van der Waals surface area contributed by atoms with E-state index in [9.17, 15) is 4.79 Å². The molecule has 2 aromatic carbocycles. The average Bonchev–Trinajstić information content (AvgIpc) is 3.17. The Morgan fingerprint density at radius 2 is 1.93 bits per heavy atom. The SMILES string of the molecule is COc1ccc(CNC(=S)NNC(=O)/C=C/c2ccc3c(c2)OCO3)cc1. The number of carbonyl (C=O) groups excluding carboxylic acids is 1. The van der Waals surface area contributed by atoms with Gasteiger partial charge in [-0.05, 0) is 53.7 Å². The van der Waals surface area contributed by atoms with Crippen molar-refractivity contribution >= 4 is 29.3 Å². The molecule has 0 unspecified atom stereocenters. The molecule has 140 valence electrons. The zero-order valence-electron chi connectivity index (χ0n) is 14.7. The lowest BCUT2D eigenvalue weighted by molar-refractivity contribution is -0.116. The van der Waals surface area contributed by atoms with Crippen LogP contribution in [0.25, 0.3) is 6.08 Å². The molecule has 7 nitrogen and oxygen atoms in total. The van der Waals surface area contributed by atoms with E-state index in [1.807, 2.05) is 30.3 Å². The number of hydrazine groups is 1. The number of methoxy groups -OCH3 is 1. The zero-order chi connectivity index (χ0) is 19.1. The number of rotatable bonds is 5. The molecular formula is C19H19N3O4S. The Morgan fingerprint density at radius 1 is 1.15 bits per heavy atom. The fourth-order valence-corrected chi connectivity index (χ4v) is 2.44. The number of carbonyl (C=O) groups is 1. The molecule has 0 aromatic heterocycles. The molecule has 0 aliphatic carbocycles. The standard InChI is InChI=1S/C19H19N3O4S/c1-24-15-6-2-14(3-7-15)11-20-19(27)22-21-18(23)9-5-13-4-8-16-17(10-13)26-12-25-16/h2-10H,11-12H2,1H3,(H,21,23)(H2,20,22,27)/b9-5+. The van der Waals surface area contributed by atoms with Gasteiger partial charge < -0.3 is 19.5 Å². The third-order valence-corrected chi connectivity index (χ3v) is 3.98. The smallest absolute Gasteiger partial charge is 0.262 e. The van der Waals surface area contributed by atoms with Crippen molar-refractivity contribution in [3.63, 3.8) is 0 Å². The number of nitrogens with one attached hydrogen (secondary N) is 3. The molecule has 0 spiro atoms. The Balaban J connectivity index is 1.40. The van der Waals surface area contributed by atoms with Gasteiger partial charge in [-0.3, -0.25) is 15.6 Å². The quantitative estimate of drug-likeness (QED) is 0.413. The van der Waals surface area contributed by atoms with Crippen LogP contribution in [-0.4, -0.2) is 24.9 Å². The van der Waals surface area contributed by atoms with Crippen LogP contribution in [0.2, 0.25) is 0 Å². The summed E-state index contributed by atoms with van der Waals surface area (Å²) in [7, 11) is 1.62. The van der Waals surface area contributed by atoms with Crippen molar-refractivity contribution < 1.29 is 19.0 Å². The monoisotopic (exact) mass is 385 g/mol. The van der Waals surface area contributed by atoms with Crippen LogP contribution in [0.5, 0.6) is 17.2 Å². The second kappa shape index (κ2) is 8.91. The van der Waals surface area contributed by atoms with Gasteiger partial charge in [0.1, 0.15) is 5.75 Å². The van der Waals surface area contributed by atoms with E-state index in [0.29, 0.717) is 23.2 Å². The minimum absolute atomic E-state index is 0.216. The van der Waals surface area contributed by atoms with Crippen LogP contribution in [0.1, 0.15) is 11.1 Å². The van der Waals surface area contributed by atoms with Gasteiger partial charge in [-0.2, -0.15) is 0 Å². The van der Waals surface area contributed by atoms with Gasteiger partial charge in [-0.15, -0.1) is 0 Å². The van der Waals surface area contributed by atoms with E-state index in [0.717, 1.165) is 16.9 Å². The van der Waals surface area contributed by atoms with E-state index in [-0.39, 0.29) is 12.7 Å². The average molecular weight is 385 g/mol. The van der Waals surface area contributed by atoms with Gasteiger partial charge >= 0.3 is 0 Å². The molecule has 3 rings (SSSR count). The fourth-order valence-electron chi connectivity index (χ4n) is 2.32. The number of benzene rings is 2. The van der Waals surface area contributed by atoms with Gasteiger partial charge in [-0.1, -0.05) is 18.2 Å². The first kappa shape index (κ1) is 18.5. The van der Waals surface area contributed by atoms with Crippen LogP contribution in [0.4, 0.5) is 0 Å². The summed E-state index contributed by atoms with van der Waals surface area (Å²) in [6.07, 6.45) is 3.07. The molecule has 0 saturated heterocycles. The highest BCUT2D eigenvalue weighted by Crippen LogP contribution is 2.32. The third-order valence-electron chi connectivity index (χ3n) is 3.74. The predicted octanol–water partition coefficient (Wildman–Crippen LogP) is 2.13. The summed E-state index contributed by atoms with van der Waals surface area (Å²) in [5, 5.41) is 3.32. The van der Waals surface area contributed by atoms with E-state index >= 15 is 0 Å². The lowest BCUT2D eigenvalue weighted by Crippen LogP contribution is -2.45. The highest BCUT2D eigenvalue weighted by Gasteiger charge is 2.12. The van der Waals surface area contributed by atoms with Gasteiger partial charge in [0, 0.05) is 12.6 Å². The molecule has 8 heteroatoms. The Hall–Kier alpha value is -3.26. The highest BCUT2D eigenvalue weighted by atomic mass is 32.1. The van der Waals surface area contributed by atoms with Crippen LogP contribution >= 0.6 is 12.2 Å². The molecule has 1 heterocycles. The van der Waals surface area contributed by atoms with Crippen LogP contribution in [0.15, 0.2) is 48.5 Å². The number of fused-ring (bicyclic) bond motifs is 1. The summed E-state index contributed by atoms with van der Waals surface area (Å²) in [5.74, 6) is 1.83. The van der Waals surface area contributed by atoms with Crippen molar-refractivity contribution in [2.24, 2.45) is 0 Å². The second-order valence-corrected chi connectivity index (χ2v) is 6.00.